The Morgan fingerprint density at radius 2 is 2.32 bits per heavy atom. The molecule has 2 heterocycles. The van der Waals surface area contributed by atoms with Crippen molar-refractivity contribution in [3.63, 3.8) is 0 Å². The third-order valence-corrected chi connectivity index (χ3v) is 3.89. The Balaban J connectivity index is 2.01. The number of hydrogen-bond donors (Lipinski definition) is 1. The lowest BCUT2D eigenvalue weighted by molar-refractivity contribution is -0.126. The Hall–Kier alpha value is -1.75. The summed E-state index contributed by atoms with van der Waals surface area (Å²) in [6.45, 7) is 1.61. The molecule has 4 nitrogen and oxygen atoms in total. The average Bonchev–Trinajstić information content (AvgIpc) is 2.66. The van der Waals surface area contributed by atoms with Gasteiger partial charge in [0.05, 0.1) is 0 Å². The van der Waals surface area contributed by atoms with Gasteiger partial charge in [-0.15, -0.1) is 0 Å². The number of nitrogens with zero attached hydrogens (tertiary/aromatic N) is 2. The quantitative estimate of drug-likeness (QED) is 0.824. The lowest BCUT2D eigenvalue weighted by Gasteiger charge is -2.37. The topological polar surface area (TPSA) is 44.7 Å². The zero-order valence-electron chi connectivity index (χ0n) is 10.8. The molecular weight excluding hydrogens is 245 g/mol. The number of halogens is 1. The fraction of sp³-hybridized carbons (Fsp3) is 0.429. The normalized spacial score (nSPS) is 26.9. The van der Waals surface area contributed by atoms with E-state index in [1.165, 1.54) is 12.1 Å². The van der Waals surface area contributed by atoms with Crippen LogP contribution >= 0.6 is 0 Å². The largest absolute Gasteiger partial charge is 0.314 e. The summed E-state index contributed by atoms with van der Waals surface area (Å²) in [6, 6.07) is 6.05. The van der Waals surface area contributed by atoms with E-state index in [0.29, 0.717) is 17.8 Å². The number of carbonyl (C=O) groups is 1. The number of nitrogens with one attached hydrogen (secondary N) is 1. The highest BCUT2D eigenvalue weighted by Crippen LogP contribution is 2.31. The van der Waals surface area contributed by atoms with Crippen molar-refractivity contribution in [3.8, 4) is 0 Å². The molecule has 0 aromatic heterocycles. The molecule has 1 N–H and O–H groups in total. The lowest BCUT2D eigenvalue weighted by Crippen LogP contribution is -2.53. The van der Waals surface area contributed by atoms with Crippen LogP contribution in [-0.4, -0.2) is 42.3 Å². The zero-order chi connectivity index (χ0) is 13.5. The van der Waals surface area contributed by atoms with Crippen LogP contribution in [0.3, 0.4) is 0 Å². The molecule has 0 saturated carbocycles. The summed E-state index contributed by atoms with van der Waals surface area (Å²) in [4.78, 5) is 18.6. The van der Waals surface area contributed by atoms with Crippen LogP contribution in [0.25, 0.3) is 0 Å². The van der Waals surface area contributed by atoms with E-state index in [1.54, 1.807) is 24.1 Å². The highest BCUT2D eigenvalue weighted by Gasteiger charge is 2.45. The van der Waals surface area contributed by atoms with E-state index in [9.17, 15) is 9.18 Å². The van der Waals surface area contributed by atoms with Gasteiger partial charge in [-0.25, -0.2) is 9.38 Å². The van der Waals surface area contributed by atoms with Gasteiger partial charge in [-0.05, 0) is 31.5 Å². The van der Waals surface area contributed by atoms with Gasteiger partial charge in [-0.3, -0.25) is 4.79 Å². The Morgan fingerprint density at radius 1 is 1.47 bits per heavy atom. The Morgan fingerprint density at radius 3 is 3.00 bits per heavy atom. The lowest BCUT2D eigenvalue weighted by atomic mass is 10.00. The Kier molecular flexibility index (Phi) is 2.86. The van der Waals surface area contributed by atoms with Crippen molar-refractivity contribution in [2.75, 3.05) is 20.1 Å². The monoisotopic (exact) mass is 261 g/mol. The minimum absolute atomic E-state index is 0.130. The van der Waals surface area contributed by atoms with Crippen molar-refractivity contribution in [1.82, 2.24) is 10.2 Å². The number of piperidine rings is 1. The molecule has 1 saturated heterocycles. The summed E-state index contributed by atoms with van der Waals surface area (Å²) in [5.41, 5.74) is 0.432. The van der Waals surface area contributed by atoms with Gasteiger partial charge in [0.25, 0.3) is 5.91 Å². The van der Waals surface area contributed by atoms with E-state index >= 15 is 0 Å². The predicted octanol–water partition coefficient (Wildman–Crippen LogP) is 1.17. The second-order valence-electron chi connectivity index (χ2n) is 5.10. The average molecular weight is 261 g/mol. The fourth-order valence-electron chi connectivity index (χ4n) is 2.76. The smallest absolute Gasteiger partial charge is 0.274 e. The summed E-state index contributed by atoms with van der Waals surface area (Å²) < 4.78 is 13.3. The van der Waals surface area contributed by atoms with Crippen LogP contribution in [0.4, 0.5) is 4.39 Å². The van der Waals surface area contributed by atoms with Gasteiger partial charge in [-0.2, -0.15) is 0 Å². The minimum atomic E-state index is -0.489. The number of amides is 1. The number of hydrogen-bond acceptors (Lipinski definition) is 3. The fourth-order valence-corrected chi connectivity index (χ4v) is 2.76. The molecule has 2 aliphatic rings. The van der Waals surface area contributed by atoms with Crippen molar-refractivity contribution in [2.45, 2.75) is 18.5 Å². The molecule has 1 aromatic rings. The molecule has 2 aliphatic heterocycles. The maximum atomic E-state index is 13.3. The van der Waals surface area contributed by atoms with Gasteiger partial charge in [0.15, 0.2) is 0 Å². The number of aliphatic imine (C=N–C) groups is 1. The van der Waals surface area contributed by atoms with Crippen molar-refractivity contribution >= 4 is 11.6 Å². The van der Waals surface area contributed by atoms with E-state index in [1.807, 2.05) is 0 Å². The standard InChI is InChI=1S/C14H16FN3O/c1-18-13(19)12(10-4-2-5-11(15)8-10)17-14(18)6-3-7-16-9-14/h2,4-5,8,16H,3,6-7,9H2,1H3. The molecule has 1 spiro atoms. The molecule has 0 bridgehead atoms. The van der Waals surface area contributed by atoms with Gasteiger partial charge in [0.2, 0.25) is 0 Å². The highest BCUT2D eigenvalue weighted by atomic mass is 19.1. The van der Waals surface area contributed by atoms with E-state index in [-0.39, 0.29) is 11.7 Å². The van der Waals surface area contributed by atoms with E-state index in [2.05, 4.69) is 10.3 Å². The van der Waals surface area contributed by atoms with Crippen molar-refractivity contribution in [2.24, 2.45) is 4.99 Å². The van der Waals surface area contributed by atoms with E-state index in [4.69, 9.17) is 0 Å². The first-order chi connectivity index (χ1) is 9.12. The van der Waals surface area contributed by atoms with Gasteiger partial charge < -0.3 is 10.2 Å². The third-order valence-electron chi connectivity index (χ3n) is 3.89. The van der Waals surface area contributed by atoms with Crippen molar-refractivity contribution < 1.29 is 9.18 Å². The summed E-state index contributed by atoms with van der Waals surface area (Å²) >= 11 is 0. The first-order valence-electron chi connectivity index (χ1n) is 6.47. The Labute approximate surface area is 111 Å². The number of rotatable bonds is 1. The van der Waals surface area contributed by atoms with Gasteiger partial charge in [0, 0.05) is 19.2 Å². The summed E-state index contributed by atoms with van der Waals surface area (Å²) in [6.07, 6.45) is 1.83. The number of benzene rings is 1. The van der Waals surface area contributed by atoms with Crippen molar-refractivity contribution in [1.29, 1.82) is 0 Å². The third kappa shape index (κ3) is 1.94. The minimum Gasteiger partial charge on any atom is -0.314 e. The summed E-state index contributed by atoms with van der Waals surface area (Å²) in [7, 11) is 1.77. The Bertz CT molecular complexity index is 549. The summed E-state index contributed by atoms with van der Waals surface area (Å²) in [5, 5.41) is 3.28. The molecule has 19 heavy (non-hydrogen) atoms. The zero-order valence-corrected chi connectivity index (χ0v) is 10.8. The first-order valence-corrected chi connectivity index (χ1v) is 6.47. The van der Waals surface area contributed by atoms with Gasteiger partial charge in [0.1, 0.15) is 17.2 Å². The molecule has 1 unspecified atom stereocenters. The van der Waals surface area contributed by atoms with E-state index in [0.717, 1.165) is 19.4 Å². The second-order valence-corrected chi connectivity index (χ2v) is 5.10. The first kappa shape index (κ1) is 12.3. The predicted molar refractivity (Wildman–Crippen MR) is 70.5 cm³/mol. The maximum absolute atomic E-state index is 13.3. The molecule has 1 amide bonds. The van der Waals surface area contributed by atoms with Crippen LogP contribution in [0.5, 0.6) is 0 Å². The molecule has 0 aliphatic carbocycles. The molecule has 100 valence electrons. The molecule has 1 fully saturated rings. The number of likely N-dealkylation sites (N-methyl/N-ethyl adjacent to an activating group) is 1. The molecule has 5 heteroatoms. The van der Waals surface area contributed by atoms with Crippen LogP contribution in [0.15, 0.2) is 29.3 Å². The van der Waals surface area contributed by atoms with Crippen LogP contribution in [0.1, 0.15) is 18.4 Å². The van der Waals surface area contributed by atoms with Crippen LogP contribution in [0.2, 0.25) is 0 Å². The summed E-state index contributed by atoms with van der Waals surface area (Å²) in [5.74, 6) is -0.479. The molecule has 3 rings (SSSR count). The molecule has 0 radical (unpaired) electrons. The van der Waals surface area contributed by atoms with Crippen LogP contribution in [0, 0.1) is 5.82 Å². The van der Waals surface area contributed by atoms with Crippen LogP contribution < -0.4 is 5.32 Å². The SMILES string of the molecule is CN1C(=O)C(c2cccc(F)c2)=NC12CCCNC2. The second kappa shape index (κ2) is 4.42. The van der Waals surface area contributed by atoms with E-state index < -0.39 is 5.66 Å². The molecule has 1 atom stereocenters. The van der Waals surface area contributed by atoms with Gasteiger partial charge >= 0.3 is 0 Å². The number of carbonyl (C=O) groups excluding carboxylic acids is 1. The molecular formula is C14H16FN3O. The van der Waals surface area contributed by atoms with Gasteiger partial charge in [-0.1, -0.05) is 12.1 Å². The van der Waals surface area contributed by atoms with Crippen LogP contribution in [-0.2, 0) is 4.79 Å². The highest BCUT2D eigenvalue weighted by molar-refractivity contribution is 6.46. The molecule has 1 aromatic carbocycles. The van der Waals surface area contributed by atoms with Crippen molar-refractivity contribution in [3.05, 3.63) is 35.6 Å². The maximum Gasteiger partial charge on any atom is 0.274 e.